The highest BCUT2D eigenvalue weighted by molar-refractivity contribution is 5.95. The summed E-state index contributed by atoms with van der Waals surface area (Å²) in [6.07, 6.45) is 4.24. The molecule has 0 saturated carbocycles. The highest BCUT2D eigenvalue weighted by atomic mass is 19.1. The van der Waals surface area contributed by atoms with Gasteiger partial charge in [0.25, 0.3) is 5.91 Å². The van der Waals surface area contributed by atoms with Gasteiger partial charge in [-0.15, -0.1) is 0 Å². The zero-order valence-corrected chi connectivity index (χ0v) is 14.0. The molecule has 4 rings (SSSR count). The molecule has 0 aliphatic heterocycles. The number of fused-ring (bicyclic) bond motifs is 1. The summed E-state index contributed by atoms with van der Waals surface area (Å²) in [5.41, 5.74) is 6.65. The molecule has 130 valence electrons. The maximum Gasteiger partial charge on any atom is 0.292 e. The smallest absolute Gasteiger partial charge is 0.265 e. The van der Waals surface area contributed by atoms with E-state index in [1.165, 1.54) is 18.3 Å². The topological polar surface area (TPSA) is 59.3 Å². The monoisotopic (exact) mass is 348 g/mol. The van der Waals surface area contributed by atoms with Crippen molar-refractivity contribution < 1.29 is 9.18 Å². The van der Waals surface area contributed by atoms with Gasteiger partial charge in [0, 0.05) is 11.3 Å². The highest BCUT2D eigenvalue weighted by Gasteiger charge is 2.26. The Morgan fingerprint density at radius 1 is 1.12 bits per heavy atom. The summed E-state index contributed by atoms with van der Waals surface area (Å²) in [6, 6.07) is 15.7. The second-order valence-corrected chi connectivity index (χ2v) is 6.13. The van der Waals surface area contributed by atoms with Crippen molar-refractivity contribution in [3.8, 4) is 5.69 Å². The molecule has 0 radical (unpaired) electrons. The number of nitrogens with zero attached hydrogens (tertiary/aromatic N) is 3. The molecular weight excluding hydrogens is 331 g/mol. The van der Waals surface area contributed by atoms with Gasteiger partial charge in [-0.3, -0.25) is 4.79 Å². The fourth-order valence-electron chi connectivity index (χ4n) is 3.17. The van der Waals surface area contributed by atoms with Gasteiger partial charge in [-0.25, -0.2) is 14.5 Å². The molecule has 1 amide bonds. The first kappa shape index (κ1) is 16.2. The number of carbonyl (C=O) groups is 1. The predicted octanol–water partition coefficient (Wildman–Crippen LogP) is 3.26. The molecule has 0 fully saturated rings. The Labute approximate surface area is 150 Å². The van der Waals surface area contributed by atoms with Crippen molar-refractivity contribution >= 4 is 12.1 Å². The van der Waals surface area contributed by atoms with Crippen LogP contribution in [0.1, 0.15) is 33.7 Å². The molecule has 3 aromatic rings. The van der Waals surface area contributed by atoms with E-state index in [1.807, 2.05) is 35.0 Å². The molecule has 2 aromatic carbocycles. The molecule has 0 bridgehead atoms. The van der Waals surface area contributed by atoms with Crippen molar-refractivity contribution in [3.63, 3.8) is 0 Å². The van der Waals surface area contributed by atoms with E-state index in [0.717, 1.165) is 36.2 Å². The van der Waals surface area contributed by atoms with Gasteiger partial charge < -0.3 is 0 Å². The number of para-hydroxylation sites is 1. The molecule has 0 saturated heterocycles. The summed E-state index contributed by atoms with van der Waals surface area (Å²) < 4.78 is 14.8. The van der Waals surface area contributed by atoms with E-state index in [2.05, 4.69) is 15.6 Å². The Hall–Kier alpha value is -3.28. The Morgan fingerprint density at radius 2 is 1.88 bits per heavy atom. The molecule has 1 heterocycles. The molecule has 5 nitrogen and oxygen atoms in total. The third-order valence-electron chi connectivity index (χ3n) is 4.40. The van der Waals surface area contributed by atoms with Crippen LogP contribution in [0.3, 0.4) is 0 Å². The zero-order valence-electron chi connectivity index (χ0n) is 14.0. The van der Waals surface area contributed by atoms with Crippen LogP contribution in [0.4, 0.5) is 4.39 Å². The second-order valence-electron chi connectivity index (χ2n) is 6.13. The average molecular weight is 348 g/mol. The van der Waals surface area contributed by atoms with Crippen LogP contribution < -0.4 is 5.43 Å². The molecule has 0 unspecified atom stereocenters. The summed E-state index contributed by atoms with van der Waals surface area (Å²) >= 11 is 0. The zero-order chi connectivity index (χ0) is 17.9. The molecule has 1 aliphatic rings. The van der Waals surface area contributed by atoms with Crippen LogP contribution in [0.15, 0.2) is 59.7 Å². The van der Waals surface area contributed by atoms with Gasteiger partial charge >= 0.3 is 0 Å². The Balaban J connectivity index is 1.56. The first-order chi connectivity index (χ1) is 12.7. The van der Waals surface area contributed by atoms with Gasteiger partial charge in [0.15, 0.2) is 5.69 Å². The van der Waals surface area contributed by atoms with E-state index in [4.69, 9.17) is 0 Å². The summed E-state index contributed by atoms with van der Waals surface area (Å²) in [5, 5.41) is 8.48. The van der Waals surface area contributed by atoms with E-state index in [-0.39, 0.29) is 11.7 Å². The lowest BCUT2D eigenvalue weighted by molar-refractivity contribution is 0.0949. The highest BCUT2D eigenvalue weighted by Crippen LogP contribution is 2.27. The van der Waals surface area contributed by atoms with Crippen molar-refractivity contribution in [1.82, 2.24) is 15.2 Å². The fraction of sp³-hybridized carbons (Fsp3) is 0.150. The number of amides is 1. The Kier molecular flexibility index (Phi) is 4.31. The number of carbonyl (C=O) groups excluding carboxylic acids is 1. The molecule has 26 heavy (non-hydrogen) atoms. The molecular formula is C20H17FN4O. The molecule has 1 N–H and O–H groups in total. The molecule has 1 aliphatic carbocycles. The minimum absolute atomic E-state index is 0.312. The number of rotatable bonds is 4. The van der Waals surface area contributed by atoms with E-state index in [1.54, 1.807) is 12.1 Å². The van der Waals surface area contributed by atoms with Gasteiger partial charge in [0.1, 0.15) is 5.82 Å². The van der Waals surface area contributed by atoms with Crippen LogP contribution in [0, 0.1) is 5.82 Å². The van der Waals surface area contributed by atoms with Gasteiger partial charge in [-0.05, 0) is 49.1 Å². The summed E-state index contributed by atoms with van der Waals surface area (Å²) in [5.74, 6) is -0.649. The standard InChI is InChI=1S/C20H17FN4O/c21-15-11-9-14(10-12-15)13-22-23-20(26)19-17-7-4-8-18(17)25(24-19)16-5-2-1-3-6-16/h1-3,5-6,9-13H,4,7-8H2,(H,23,26)/b22-13+. The van der Waals surface area contributed by atoms with Crippen molar-refractivity contribution in [2.45, 2.75) is 19.3 Å². The van der Waals surface area contributed by atoms with Gasteiger partial charge in [0.05, 0.1) is 11.9 Å². The largest absolute Gasteiger partial charge is 0.292 e. The van der Waals surface area contributed by atoms with Crippen molar-refractivity contribution in [2.24, 2.45) is 5.10 Å². The van der Waals surface area contributed by atoms with E-state index in [0.29, 0.717) is 11.3 Å². The van der Waals surface area contributed by atoms with Crippen LogP contribution >= 0.6 is 0 Å². The number of hydrogen-bond donors (Lipinski definition) is 1. The SMILES string of the molecule is O=C(N/N=C/c1ccc(F)cc1)c1nn(-c2ccccc2)c2c1CCC2. The lowest BCUT2D eigenvalue weighted by Gasteiger charge is -2.04. The minimum Gasteiger partial charge on any atom is -0.265 e. The number of halogens is 1. The molecule has 0 spiro atoms. The van der Waals surface area contributed by atoms with Gasteiger partial charge in [-0.2, -0.15) is 10.2 Å². The number of aromatic nitrogens is 2. The quantitative estimate of drug-likeness (QED) is 0.581. The molecule has 6 heteroatoms. The number of hydrogen-bond acceptors (Lipinski definition) is 3. The van der Waals surface area contributed by atoms with Crippen LogP contribution in [0.2, 0.25) is 0 Å². The lowest BCUT2D eigenvalue weighted by Crippen LogP contribution is -2.20. The van der Waals surface area contributed by atoms with Gasteiger partial charge in [-0.1, -0.05) is 30.3 Å². The van der Waals surface area contributed by atoms with Gasteiger partial charge in [0.2, 0.25) is 0 Å². The number of hydrazone groups is 1. The number of nitrogens with one attached hydrogen (secondary N) is 1. The van der Waals surface area contributed by atoms with Crippen LogP contribution in [0.5, 0.6) is 0 Å². The second kappa shape index (κ2) is 6.92. The third kappa shape index (κ3) is 3.13. The van der Waals surface area contributed by atoms with E-state index in [9.17, 15) is 9.18 Å². The summed E-state index contributed by atoms with van der Waals surface area (Å²) in [4.78, 5) is 12.5. The van der Waals surface area contributed by atoms with Crippen molar-refractivity contribution in [2.75, 3.05) is 0 Å². The normalized spacial score (nSPS) is 13.1. The minimum atomic E-state index is -0.337. The van der Waals surface area contributed by atoms with E-state index < -0.39 is 0 Å². The Morgan fingerprint density at radius 3 is 2.65 bits per heavy atom. The van der Waals surface area contributed by atoms with Crippen molar-refractivity contribution in [3.05, 3.63) is 82.9 Å². The predicted molar refractivity (Wildman–Crippen MR) is 97.0 cm³/mol. The summed E-state index contributed by atoms with van der Waals surface area (Å²) in [6.45, 7) is 0. The first-order valence-electron chi connectivity index (χ1n) is 8.47. The third-order valence-corrected chi connectivity index (χ3v) is 4.40. The molecule has 1 aromatic heterocycles. The summed E-state index contributed by atoms with van der Waals surface area (Å²) in [7, 11) is 0. The van der Waals surface area contributed by atoms with Crippen LogP contribution in [-0.4, -0.2) is 21.9 Å². The maximum atomic E-state index is 12.9. The average Bonchev–Trinajstić information content (AvgIpc) is 3.26. The maximum absolute atomic E-state index is 12.9. The lowest BCUT2D eigenvalue weighted by atomic mass is 10.2. The van der Waals surface area contributed by atoms with Crippen LogP contribution in [-0.2, 0) is 12.8 Å². The first-order valence-corrected chi connectivity index (χ1v) is 8.47. The van der Waals surface area contributed by atoms with Crippen LogP contribution in [0.25, 0.3) is 5.69 Å². The molecule has 0 atom stereocenters. The van der Waals surface area contributed by atoms with E-state index >= 15 is 0 Å². The fourth-order valence-corrected chi connectivity index (χ4v) is 3.17. The number of benzene rings is 2. The van der Waals surface area contributed by atoms with Crippen molar-refractivity contribution in [1.29, 1.82) is 0 Å². The Bertz CT molecular complexity index is 961.